The van der Waals surface area contributed by atoms with Crippen molar-refractivity contribution in [3.05, 3.63) is 601 Å². The fraction of sp³-hybridized carbons (Fsp3) is 0. The molecule has 24 rings (SSSR count). The van der Waals surface area contributed by atoms with Gasteiger partial charge in [-0.2, -0.15) is 0 Å². The molecule has 0 saturated carbocycles. The first-order chi connectivity index (χ1) is 69.8. The summed E-state index contributed by atoms with van der Waals surface area (Å²) in [4.78, 5) is 7.00. The molecule has 0 unspecified atom stereocenters. The van der Waals surface area contributed by atoms with Crippen LogP contribution in [0.1, 0.15) is 0 Å². The van der Waals surface area contributed by atoms with Crippen molar-refractivity contribution in [2.45, 2.75) is 0 Å². The Balaban J connectivity index is 0.000000122. The topological polar surface area (TPSA) is 9.72 Å². The smallest absolute Gasteiger partial charge is 0.0462 e. The van der Waals surface area contributed by atoms with E-state index in [1.165, 1.54) is 166 Å². The van der Waals surface area contributed by atoms with Gasteiger partial charge >= 0.3 is 0 Å². The summed E-state index contributed by atoms with van der Waals surface area (Å²) in [6.45, 7) is 0. The Bertz CT molecular complexity index is 8220. The quantitative estimate of drug-likeness (QED) is 0.0710. The summed E-state index contributed by atoms with van der Waals surface area (Å²) in [7, 11) is 0. The Morgan fingerprint density at radius 2 is 0.191 bits per heavy atom. The lowest BCUT2D eigenvalue weighted by molar-refractivity contribution is 1.28. The summed E-state index contributed by atoms with van der Waals surface area (Å²) < 4.78 is 0. The second-order valence-electron chi connectivity index (χ2n) is 35.6. The lowest BCUT2D eigenvalue weighted by Crippen LogP contribution is -2.09. The normalized spacial score (nSPS) is 11.0. The van der Waals surface area contributed by atoms with E-state index >= 15 is 0 Å². The molecular weight excluding hydrogens is 1700 g/mol. The molecule has 0 fully saturated rings. The number of rotatable bonds is 21. The van der Waals surface area contributed by atoms with Crippen LogP contribution in [0, 0.1) is 0 Å². The first-order valence-electron chi connectivity index (χ1n) is 48.3. The van der Waals surface area contributed by atoms with Crippen LogP contribution in [0.25, 0.3) is 166 Å². The summed E-state index contributed by atoms with van der Waals surface area (Å²) in [5.74, 6) is 0. The van der Waals surface area contributed by atoms with Crippen molar-refractivity contribution in [3.63, 3.8) is 0 Å². The van der Waals surface area contributed by atoms with Gasteiger partial charge in [0.25, 0.3) is 0 Å². The van der Waals surface area contributed by atoms with Gasteiger partial charge in [0.2, 0.25) is 0 Å². The Hall–Kier alpha value is -18.5. The highest BCUT2D eigenvalue weighted by atomic mass is 15.2. The molecule has 24 aromatic carbocycles. The van der Waals surface area contributed by atoms with Crippen LogP contribution in [0.5, 0.6) is 0 Å². The first kappa shape index (κ1) is 87.8. The van der Waals surface area contributed by atoms with Gasteiger partial charge in [-0.25, -0.2) is 0 Å². The second kappa shape index (κ2) is 41.3. The third-order valence-corrected chi connectivity index (χ3v) is 26.6. The van der Waals surface area contributed by atoms with Crippen LogP contribution in [0.4, 0.5) is 51.2 Å². The van der Waals surface area contributed by atoms with E-state index in [0.29, 0.717) is 0 Å². The Labute approximate surface area is 826 Å². The number of para-hydroxylation sites is 1. The maximum Gasteiger partial charge on any atom is 0.0462 e. The molecule has 0 radical (unpaired) electrons. The first-order valence-corrected chi connectivity index (χ1v) is 48.3. The van der Waals surface area contributed by atoms with Crippen molar-refractivity contribution >= 4 is 83.5 Å². The van der Waals surface area contributed by atoms with Gasteiger partial charge in [-0.1, -0.05) is 449 Å². The minimum atomic E-state index is 1.10. The molecular formula is C138H99N3. The van der Waals surface area contributed by atoms with E-state index in [1.807, 2.05) is 0 Å². The average Bonchev–Trinajstić information content (AvgIpc) is 0.781. The van der Waals surface area contributed by atoms with E-state index in [1.54, 1.807) is 0 Å². The Morgan fingerprint density at radius 1 is 0.0709 bits per heavy atom. The zero-order valence-corrected chi connectivity index (χ0v) is 78.0. The maximum absolute atomic E-state index is 2.35. The molecule has 0 atom stereocenters. The van der Waals surface area contributed by atoms with Gasteiger partial charge in [0.1, 0.15) is 0 Å². The summed E-state index contributed by atoms with van der Waals surface area (Å²) in [5, 5.41) is 7.54. The third-order valence-electron chi connectivity index (χ3n) is 26.6. The Kier molecular flexibility index (Phi) is 25.7. The molecule has 0 aliphatic rings. The monoisotopic (exact) mass is 1800 g/mol. The van der Waals surface area contributed by atoms with Crippen molar-refractivity contribution in [2.24, 2.45) is 0 Å². The summed E-state index contributed by atoms with van der Waals surface area (Å²) >= 11 is 0. The standard InChI is InChI=1S/C52H37N.C46H33N.C40H29N/c1-3-11-38(12-4-1)45-17-9-19-47(35-45)41-23-29-50(30-24-41)53(52-33-27-43(28-34-52)49-22-21-40-15-7-8-16-44(40)37-49)51-31-25-42(26-32-51)48-20-10-18-46(36-48)39-13-5-2-6-14-39;1-3-10-34(11-4-1)37-20-26-44(27-21-37)47(46-30-24-39(25-31-46)43-19-18-36-14-7-8-15-40(36)33-43)45-28-22-38(23-29-45)42-17-9-16-41(32-42)35-12-5-2-6-13-35;1-3-10-30(11-4-1)35-14-9-15-36(28-35)32-20-24-39(25-21-32)41(38-16-5-2-6-17-38)40-26-22-33(23-27-40)37-19-18-31-12-7-8-13-34(31)29-37/h1-37H;1-33H;1-29H. The van der Waals surface area contributed by atoms with Crippen LogP contribution in [0.2, 0.25) is 0 Å². The molecule has 0 aromatic heterocycles. The van der Waals surface area contributed by atoms with Gasteiger partial charge in [-0.3, -0.25) is 0 Å². The SMILES string of the molecule is c1ccc(-c2ccc(N(c3ccc(-c4cccc(-c5ccccc5)c4)cc3)c3ccc(-c4ccc5ccccc5c4)cc3)cc2)cc1.c1ccc(-c2cccc(-c3ccc(N(c4ccc(-c5cccc(-c6ccccc6)c5)cc4)c4ccc(-c5ccc6ccccc6c5)cc4)cc3)c2)cc1.c1ccc(-c2cccc(-c3ccc(N(c4ccccc4)c4ccc(-c5ccc6ccccc6c5)cc4)cc3)c2)cc1. The lowest BCUT2D eigenvalue weighted by atomic mass is 9.98. The van der Waals surface area contributed by atoms with E-state index < -0.39 is 0 Å². The van der Waals surface area contributed by atoms with Crippen LogP contribution in [0.15, 0.2) is 601 Å². The van der Waals surface area contributed by atoms with E-state index in [4.69, 9.17) is 0 Å². The molecule has 0 N–H and O–H groups in total. The predicted octanol–water partition coefficient (Wildman–Crippen LogP) is 38.9. The van der Waals surface area contributed by atoms with E-state index in [0.717, 1.165) is 51.2 Å². The van der Waals surface area contributed by atoms with Crippen LogP contribution < -0.4 is 14.7 Å². The lowest BCUT2D eigenvalue weighted by Gasteiger charge is -2.26. The predicted molar refractivity (Wildman–Crippen MR) is 601 cm³/mol. The van der Waals surface area contributed by atoms with Crippen LogP contribution in [-0.4, -0.2) is 0 Å². The van der Waals surface area contributed by atoms with Gasteiger partial charge in [-0.15, -0.1) is 0 Å². The molecule has 0 aliphatic carbocycles. The Morgan fingerprint density at radius 3 is 0.383 bits per heavy atom. The van der Waals surface area contributed by atoms with Crippen LogP contribution in [-0.2, 0) is 0 Å². The number of anilines is 9. The van der Waals surface area contributed by atoms with Crippen molar-refractivity contribution in [1.29, 1.82) is 0 Å². The molecule has 0 heterocycles. The van der Waals surface area contributed by atoms with Gasteiger partial charge in [-0.05, 0) is 317 Å². The zero-order chi connectivity index (χ0) is 94.3. The van der Waals surface area contributed by atoms with E-state index in [9.17, 15) is 0 Å². The highest BCUT2D eigenvalue weighted by Crippen LogP contribution is 2.45. The summed E-state index contributed by atoms with van der Waals surface area (Å²) in [5.41, 5.74) is 39.1. The summed E-state index contributed by atoms with van der Waals surface area (Å²) in [6.07, 6.45) is 0. The van der Waals surface area contributed by atoms with Crippen LogP contribution in [0.3, 0.4) is 0 Å². The van der Waals surface area contributed by atoms with Gasteiger partial charge in [0.05, 0.1) is 0 Å². The molecule has 0 saturated heterocycles. The molecule has 24 aromatic rings. The van der Waals surface area contributed by atoms with Crippen molar-refractivity contribution < 1.29 is 0 Å². The third kappa shape index (κ3) is 20.1. The molecule has 141 heavy (non-hydrogen) atoms. The molecule has 0 bridgehead atoms. The zero-order valence-electron chi connectivity index (χ0n) is 78.0. The van der Waals surface area contributed by atoms with E-state index in [2.05, 4.69) is 615 Å². The molecule has 3 nitrogen and oxygen atoms in total. The maximum atomic E-state index is 2.35. The van der Waals surface area contributed by atoms with Gasteiger partial charge in [0, 0.05) is 51.2 Å². The molecule has 3 heteroatoms. The highest BCUT2D eigenvalue weighted by molar-refractivity contribution is 5.93. The van der Waals surface area contributed by atoms with Crippen molar-refractivity contribution in [3.8, 4) is 134 Å². The second-order valence-corrected chi connectivity index (χ2v) is 35.6. The van der Waals surface area contributed by atoms with E-state index in [-0.39, 0.29) is 0 Å². The van der Waals surface area contributed by atoms with Crippen molar-refractivity contribution in [2.75, 3.05) is 14.7 Å². The number of hydrogen-bond donors (Lipinski definition) is 0. The average molecular weight is 1800 g/mol. The fourth-order valence-corrected chi connectivity index (χ4v) is 19.1. The van der Waals surface area contributed by atoms with Gasteiger partial charge < -0.3 is 14.7 Å². The minimum Gasteiger partial charge on any atom is -0.311 e. The number of benzene rings is 24. The largest absolute Gasteiger partial charge is 0.311 e. The number of nitrogens with zero attached hydrogens (tertiary/aromatic N) is 3. The molecule has 0 amide bonds. The van der Waals surface area contributed by atoms with Crippen molar-refractivity contribution in [1.82, 2.24) is 0 Å². The summed E-state index contributed by atoms with van der Waals surface area (Å²) in [6, 6.07) is 215. The van der Waals surface area contributed by atoms with Crippen LogP contribution >= 0.6 is 0 Å². The van der Waals surface area contributed by atoms with Gasteiger partial charge in [0.15, 0.2) is 0 Å². The fourth-order valence-electron chi connectivity index (χ4n) is 19.1. The molecule has 0 aliphatic heterocycles. The highest BCUT2D eigenvalue weighted by Gasteiger charge is 2.20. The molecule has 0 spiro atoms. The number of hydrogen-bond acceptors (Lipinski definition) is 3. The molecule has 666 valence electrons. The minimum absolute atomic E-state index is 1.10. The number of fused-ring (bicyclic) bond motifs is 3.